The predicted molar refractivity (Wildman–Crippen MR) is 87.8 cm³/mol. The lowest BCUT2D eigenvalue weighted by Crippen LogP contribution is -2.15. The summed E-state index contributed by atoms with van der Waals surface area (Å²) in [5.41, 5.74) is 1.05. The Morgan fingerprint density at radius 3 is 2.38 bits per heavy atom. The number of rotatable bonds is 5. The van der Waals surface area contributed by atoms with E-state index in [0.29, 0.717) is 32.6 Å². The maximum atomic E-state index is 6.15. The average molecular weight is 343 g/mol. The van der Waals surface area contributed by atoms with E-state index >= 15 is 0 Å². The van der Waals surface area contributed by atoms with Crippen molar-refractivity contribution >= 4 is 34.8 Å². The van der Waals surface area contributed by atoms with E-state index in [1.807, 2.05) is 12.1 Å². The summed E-state index contributed by atoms with van der Waals surface area (Å²) < 4.78 is 5.91. The molecule has 21 heavy (non-hydrogen) atoms. The minimum Gasteiger partial charge on any atom is -0.455 e. The highest BCUT2D eigenvalue weighted by atomic mass is 35.5. The normalized spacial score (nSPS) is 14.2. The number of benzene rings is 2. The van der Waals surface area contributed by atoms with Crippen molar-refractivity contribution in [3.63, 3.8) is 0 Å². The Kier molecular flexibility index (Phi) is 4.60. The molecule has 0 bridgehead atoms. The van der Waals surface area contributed by atoms with Crippen LogP contribution in [-0.2, 0) is 6.54 Å². The third kappa shape index (κ3) is 4.04. The standard InChI is InChI=1S/C16H14Cl3NO/c17-11-3-6-15(14(19)7-11)21-16-8-12(18)2-1-10(16)9-20-13-4-5-13/h1-3,6-8,13,20H,4-5,9H2. The zero-order chi connectivity index (χ0) is 14.8. The maximum Gasteiger partial charge on any atom is 0.146 e. The second kappa shape index (κ2) is 6.45. The van der Waals surface area contributed by atoms with Gasteiger partial charge in [-0.2, -0.15) is 0 Å². The minimum atomic E-state index is 0.476. The van der Waals surface area contributed by atoms with E-state index in [1.165, 1.54) is 12.8 Å². The molecule has 0 aliphatic heterocycles. The van der Waals surface area contributed by atoms with Gasteiger partial charge in [0.15, 0.2) is 0 Å². The van der Waals surface area contributed by atoms with Gasteiger partial charge in [-0.05, 0) is 43.2 Å². The quantitative estimate of drug-likeness (QED) is 0.753. The Morgan fingerprint density at radius 1 is 0.952 bits per heavy atom. The molecule has 1 fully saturated rings. The van der Waals surface area contributed by atoms with Gasteiger partial charge in [-0.25, -0.2) is 0 Å². The first-order chi connectivity index (χ1) is 10.1. The van der Waals surface area contributed by atoms with Crippen LogP contribution in [-0.4, -0.2) is 6.04 Å². The lowest BCUT2D eigenvalue weighted by atomic mass is 10.2. The van der Waals surface area contributed by atoms with E-state index in [4.69, 9.17) is 39.5 Å². The monoisotopic (exact) mass is 341 g/mol. The smallest absolute Gasteiger partial charge is 0.146 e. The number of halogens is 3. The first-order valence-corrected chi connectivity index (χ1v) is 7.90. The average Bonchev–Trinajstić information content (AvgIpc) is 3.25. The zero-order valence-corrected chi connectivity index (χ0v) is 13.5. The minimum absolute atomic E-state index is 0.476. The molecule has 110 valence electrons. The summed E-state index contributed by atoms with van der Waals surface area (Å²) in [5, 5.41) is 5.15. The van der Waals surface area contributed by atoms with Gasteiger partial charge in [0.05, 0.1) is 5.02 Å². The van der Waals surface area contributed by atoms with Gasteiger partial charge in [-0.15, -0.1) is 0 Å². The van der Waals surface area contributed by atoms with Crippen LogP contribution < -0.4 is 10.1 Å². The molecule has 0 radical (unpaired) electrons. The summed E-state index contributed by atoms with van der Waals surface area (Å²) in [6.45, 7) is 0.752. The van der Waals surface area contributed by atoms with Gasteiger partial charge < -0.3 is 10.1 Å². The molecule has 1 N–H and O–H groups in total. The molecule has 0 unspecified atom stereocenters. The zero-order valence-electron chi connectivity index (χ0n) is 11.2. The SMILES string of the molecule is Clc1ccc(Oc2cc(Cl)ccc2CNC2CC2)c(Cl)c1. The molecule has 1 aliphatic rings. The molecule has 0 amide bonds. The number of ether oxygens (including phenoxy) is 1. The predicted octanol–water partition coefficient (Wildman–Crippen LogP) is 5.69. The number of nitrogens with one attached hydrogen (secondary N) is 1. The van der Waals surface area contributed by atoms with Crippen molar-refractivity contribution < 1.29 is 4.74 Å². The van der Waals surface area contributed by atoms with Crippen LogP contribution in [0, 0.1) is 0 Å². The molecule has 0 spiro atoms. The van der Waals surface area contributed by atoms with Crippen LogP contribution in [0.25, 0.3) is 0 Å². The summed E-state index contributed by atoms with van der Waals surface area (Å²) in [6.07, 6.45) is 2.49. The summed E-state index contributed by atoms with van der Waals surface area (Å²) in [5.74, 6) is 1.27. The Morgan fingerprint density at radius 2 is 1.67 bits per heavy atom. The summed E-state index contributed by atoms with van der Waals surface area (Å²) in [7, 11) is 0. The molecule has 1 saturated carbocycles. The first kappa shape index (κ1) is 15.0. The van der Waals surface area contributed by atoms with Crippen LogP contribution in [0.2, 0.25) is 15.1 Å². The van der Waals surface area contributed by atoms with Crippen LogP contribution in [0.1, 0.15) is 18.4 Å². The summed E-state index contributed by atoms with van der Waals surface area (Å²) in [4.78, 5) is 0. The molecule has 0 aromatic heterocycles. The van der Waals surface area contributed by atoms with Gasteiger partial charge in [0.1, 0.15) is 11.5 Å². The van der Waals surface area contributed by atoms with Gasteiger partial charge in [0.25, 0.3) is 0 Å². The molecule has 2 aromatic rings. The molecular weight excluding hydrogens is 329 g/mol. The van der Waals surface area contributed by atoms with Crippen LogP contribution in [0.4, 0.5) is 0 Å². The molecule has 0 atom stereocenters. The Bertz CT molecular complexity index is 656. The second-order valence-corrected chi connectivity index (χ2v) is 6.36. The van der Waals surface area contributed by atoms with Crippen molar-refractivity contribution in [2.75, 3.05) is 0 Å². The molecule has 0 saturated heterocycles. The Hall–Kier alpha value is -0.930. The molecule has 2 nitrogen and oxygen atoms in total. The van der Waals surface area contributed by atoms with Crippen molar-refractivity contribution in [2.24, 2.45) is 0 Å². The van der Waals surface area contributed by atoms with Gasteiger partial charge in [0.2, 0.25) is 0 Å². The topological polar surface area (TPSA) is 21.3 Å². The van der Waals surface area contributed by atoms with E-state index in [1.54, 1.807) is 24.3 Å². The number of hydrogen-bond acceptors (Lipinski definition) is 2. The van der Waals surface area contributed by atoms with Gasteiger partial charge in [0, 0.05) is 28.2 Å². The highest BCUT2D eigenvalue weighted by molar-refractivity contribution is 6.35. The van der Waals surface area contributed by atoms with Gasteiger partial charge >= 0.3 is 0 Å². The Labute approximate surface area is 139 Å². The van der Waals surface area contributed by atoms with Crippen molar-refractivity contribution in [3.8, 4) is 11.5 Å². The fraction of sp³-hybridized carbons (Fsp3) is 0.250. The van der Waals surface area contributed by atoms with Crippen molar-refractivity contribution in [2.45, 2.75) is 25.4 Å². The molecule has 5 heteroatoms. The van der Waals surface area contributed by atoms with Crippen molar-refractivity contribution in [1.29, 1.82) is 0 Å². The van der Waals surface area contributed by atoms with Gasteiger partial charge in [-0.1, -0.05) is 40.9 Å². The van der Waals surface area contributed by atoms with Crippen LogP contribution >= 0.6 is 34.8 Å². The molecule has 2 aromatic carbocycles. The van der Waals surface area contributed by atoms with E-state index in [9.17, 15) is 0 Å². The van der Waals surface area contributed by atoms with Crippen LogP contribution in [0.5, 0.6) is 11.5 Å². The first-order valence-electron chi connectivity index (χ1n) is 6.76. The second-order valence-electron chi connectivity index (χ2n) is 5.08. The molecule has 0 heterocycles. The third-order valence-corrected chi connectivity index (χ3v) is 4.07. The maximum absolute atomic E-state index is 6.15. The number of hydrogen-bond donors (Lipinski definition) is 1. The van der Waals surface area contributed by atoms with Crippen molar-refractivity contribution in [1.82, 2.24) is 5.32 Å². The largest absolute Gasteiger partial charge is 0.455 e. The van der Waals surface area contributed by atoms with Crippen LogP contribution in [0.3, 0.4) is 0 Å². The lowest BCUT2D eigenvalue weighted by Gasteiger charge is -2.13. The molecular formula is C16H14Cl3NO. The highest BCUT2D eigenvalue weighted by Gasteiger charge is 2.20. The fourth-order valence-corrected chi connectivity index (χ4v) is 2.60. The summed E-state index contributed by atoms with van der Waals surface area (Å²) in [6, 6.07) is 11.4. The molecule has 3 rings (SSSR count). The lowest BCUT2D eigenvalue weighted by molar-refractivity contribution is 0.473. The molecule has 1 aliphatic carbocycles. The summed E-state index contributed by atoms with van der Waals surface area (Å²) >= 11 is 18.1. The third-order valence-electron chi connectivity index (χ3n) is 3.30. The van der Waals surface area contributed by atoms with Gasteiger partial charge in [-0.3, -0.25) is 0 Å². The Balaban J connectivity index is 1.83. The van der Waals surface area contributed by atoms with E-state index in [2.05, 4.69) is 5.32 Å². The highest BCUT2D eigenvalue weighted by Crippen LogP contribution is 2.34. The van der Waals surface area contributed by atoms with E-state index in [0.717, 1.165) is 12.1 Å². The fourth-order valence-electron chi connectivity index (χ4n) is 1.99. The van der Waals surface area contributed by atoms with E-state index < -0.39 is 0 Å². The van der Waals surface area contributed by atoms with Crippen molar-refractivity contribution in [3.05, 3.63) is 57.0 Å². The van der Waals surface area contributed by atoms with Crippen LogP contribution in [0.15, 0.2) is 36.4 Å². The van der Waals surface area contributed by atoms with E-state index in [-0.39, 0.29) is 0 Å².